The zero-order valence-corrected chi connectivity index (χ0v) is 17.5. The topological polar surface area (TPSA) is 63.0 Å². The van der Waals surface area contributed by atoms with Gasteiger partial charge >= 0.3 is 5.97 Å². The van der Waals surface area contributed by atoms with Crippen LogP contribution in [-0.2, 0) is 27.3 Å². The number of aryl methyl sites for hydroxylation is 1. The molecule has 6 heteroatoms. The molecular weight excluding hydrogens is 368 g/mol. The van der Waals surface area contributed by atoms with E-state index in [0.717, 1.165) is 30.8 Å². The van der Waals surface area contributed by atoms with Crippen LogP contribution in [0.3, 0.4) is 0 Å². The average molecular weight is 399 g/mol. The highest BCUT2D eigenvalue weighted by atomic mass is 16.5. The van der Waals surface area contributed by atoms with Crippen molar-refractivity contribution in [3.63, 3.8) is 0 Å². The summed E-state index contributed by atoms with van der Waals surface area (Å²) in [5, 5.41) is 0. The molecule has 0 aliphatic heterocycles. The highest BCUT2D eigenvalue weighted by molar-refractivity contribution is 5.80. The number of furan rings is 1. The zero-order valence-electron chi connectivity index (χ0n) is 17.5. The normalized spacial score (nSPS) is 14.6. The number of benzene rings is 1. The molecule has 0 spiro atoms. The molecule has 1 heterocycles. The third-order valence-corrected chi connectivity index (χ3v) is 5.38. The minimum atomic E-state index is -0.432. The average Bonchev–Trinajstić information content (AvgIpc) is 3.50. The van der Waals surface area contributed by atoms with Gasteiger partial charge in [-0.25, -0.2) is 0 Å². The summed E-state index contributed by atoms with van der Waals surface area (Å²) in [4.78, 5) is 29.1. The van der Waals surface area contributed by atoms with Gasteiger partial charge in [0.1, 0.15) is 17.6 Å². The fraction of sp³-hybridized carbons (Fsp3) is 0.478. The lowest BCUT2D eigenvalue weighted by molar-refractivity contribution is -0.148. The Morgan fingerprint density at radius 3 is 2.48 bits per heavy atom. The molecule has 6 nitrogen and oxygen atoms in total. The van der Waals surface area contributed by atoms with E-state index in [2.05, 4.69) is 12.1 Å². The van der Waals surface area contributed by atoms with Crippen molar-refractivity contribution in [2.75, 3.05) is 20.2 Å². The van der Waals surface area contributed by atoms with Crippen molar-refractivity contribution < 1.29 is 18.7 Å². The van der Waals surface area contributed by atoms with Gasteiger partial charge in [-0.05, 0) is 50.8 Å². The van der Waals surface area contributed by atoms with E-state index in [1.807, 2.05) is 54.0 Å². The number of carbonyl (C=O) groups excluding carboxylic acids is 2. The molecule has 0 unspecified atom stereocenters. The van der Waals surface area contributed by atoms with E-state index in [9.17, 15) is 9.59 Å². The molecule has 29 heavy (non-hydrogen) atoms. The fourth-order valence-electron chi connectivity index (χ4n) is 3.51. The van der Waals surface area contributed by atoms with Crippen molar-refractivity contribution >= 4 is 11.9 Å². The minimum Gasteiger partial charge on any atom is -0.468 e. The zero-order chi connectivity index (χ0) is 20.8. The molecule has 1 aromatic heterocycles. The van der Waals surface area contributed by atoms with Gasteiger partial charge in [0.15, 0.2) is 0 Å². The number of nitrogens with zero attached hydrogens (tertiary/aromatic N) is 2. The Balaban J connectivity index is 1.70. The lowest BCUT2D eigenvalue weighted by atomic mass is 10.1. The van der Waals surface area contributed by atoms with E-state index in [1.54, 1.807) is 0 Å². The Hall–Kier alpha value is -2.60. The van der Waals surface area contributed by atoms with E-state index in [-0.39, 0.29) is 24.5 Å². The summed E-state index contributed by atoms with van der Waals surface area (Å²) in [7, 11) is 1.39. The second-order valence-electron chi connectivity index (χ2n) is 7.67. The summed E-state index contributed by atoms with van der Waals surface area (Å²) in [5.41, 5.74) is 1.18. The predicted octanol–water partition coefficient (Wildman–Crippen LogP) is 3.19. The summed E-state index contributed by atoms with van der Waals surface area (Å²) in [5.74, 6) is 1.29. The van der Waals surface area contributed by atoms with Crippen molar-refractivity contribution in [2.24, 2.45) is 0 Å². The van der Waals surface area contributed by atoms with E-state index >= 15 is 0 Å². The van der Waals surface area contributed by atoms with Gasteiger partial charge < -0.3 is 14.1 Å². The van der Waals surface area contributed by atoms with Gasteiger partial charge in [0.05, 0.1) is 20.2 Å². The van der Waals surface area contributed by atoms with Gasteiger partial charge in [-0.15, -0.1) is 0 Å². The van der Waals surface area contributed by atoms with Crippen molar-refractivity contribution in [3.05, 3.63) is 59.5 Å². The van der Waals surface area contributed by atoms with Crippen LogP contribution in [0.15, 0.2) is 46.9 Å². The lowest BCUT2D eigenvalue weighted by Crippen LogP contribution is -2.48. The van der Waals surface area contributed by atoms with Crippen molar-refractivity contribution in [1.29, 1.82) is 0 Å². The van der Waals surface area contributed by atoms with Crippen molar-refractivity contribution in [1.82, 2.24) is 9.80 Å². The monoisotopic (exact) mass is 398 g/mol. The van der Waals surface area contributed by atoms with Crippen LogP contribution >= 0.6 is 0 Å². The number of rotatable bonds is 10. The molecule has 1 aliphatic rings. The molecule has 0 N–H and O–H groups in total. The molecular formula is C23H30N2O4. The maximum atomic E-state index is 13.2. The summed E-state index contributed by atoms with van der Waals surface area (Å²) in [6.45, 7) is 4.92. The molecule has 156 valence electrons. The number of amides is 1. The second kappa shape index (κ2) is 9.74. The van der Waals surface area contributed by atoms with Gasteiger partial charge in [-0.1, -0.05) is 30.3 Å². The first-order chi connectivity index (χ1) is 14.0. The molecule has 1 aliphatic carbocycles. The number of esters is 1. The quantitative estimate of drug-likeness (QED) is 0.575. The lowest BCUT2D eigenvalue weighted by Gasteiger charge is -2.30. The Morgan fingerprint density at radius 1 is 1.17 bits per heavy atom. The van der Waals surface area contributed by atoms with Crippen LogP contribution in [0.25, 0.3) is 0 Å². The molecule has 1 atom stereocenters. The van der Waals surface area contributed by atoms with E-state index in [1.165, 1.54) is 12.7 Å². The van der Waals surface area contributed by atoms with Crippen LogP contribution in [0.5, 0.6) is 0 Å². The summed E-state index contributed by atoms with van der Waals surface area (Å²) in [6, 6.07) is 13.8. The minimum absolute atomic E-state index is 0.00219. The van der Waals surface area contributed by atoms with Crippen LogP contribution in [0.4, 0.5) is 0 Å². The summed E-state index contributed by atoms with van der Waals surface area (Å²) >= 11 is 0. The number of ether oxygens (including phenoxy) is 1. The molecule has 1 amide bonds. The second-order valence-corrected chi connectivity index (χ2v) is 7.67. The predicted molar refractivity (Wildman–Crippen MR) is 110 cm³/mol. The highest BCUT2D eigenvalue weighted by Crippen LogP contribution is 2.29. The van der Waals surface area contributed by atoms with Crippen molar-refractivity contribution in [3.8, 4) is 0 Å². The largest absolute Gasteiger partial charge is 0.468 e. The van der Waals surface area contributed by atoms with E-state index in [0.29, 0.717) is 13.1 Å². The maximum absolute atomic E-state index is 13.2. The van der Waals surface area contributed by atoms with Gasteiger partial charge in [-0.2, -0.15) is 0 Å². The first kappa shape index (κ1) is 21.1. The van der Waals surface area contributed by atoms with Gasteiger partial charge in [-0.3, -0.25) is 14.5 Å². The Bertz CT molecular complexity index is 813. The van der Waals surface area contributed by atoms with Gasteiger partial charge in [0.2, 0.25) is 5.91 Å². The van der Waals surface area contributed by atoms with Crippen LogP contribution < -0.4 is 0 Å². The molecule has 1 aromatic carbocycles. The van der Waals surface area contributed by atoms with Crippen LogP contribution in [-0.4, -0.2) is 54.0 Å². The third kappa shape index (κ3) is 5.94. The molecule has 1 fully saturated rings. The molecule has 0 radical (unpaired) electrons. The maximum Gasteiger partial charge on any atom is 0.322 e. The Labute approximate surface area is 172 Å². The molecule has 0 bridgehead atoms. The highest BCUT2D eigenvalue weighted by Gasteiger charge is 2.37. The summed E-state index contributed by atoms with van der Waals surface area (Å²) in [6.07, 6.45) is 2.79. The van der Waals surface area contributed by atoms with Gasteiger partial charge in [0.25, 0.3) is 0 Å². The van der Waals surface area contributed by atoms with Crippen molar-refractivity contribution in [2.45, 2.75) is 51.7 Å². The smallest absolute Gasteiger partial charge is 0.322 e. The SMILES string of the molecule is COC(=O)[C@@H](C)N(CC(=O)N(CCc1ccccc1)Cc1ccc(C)o1)C1CC1. The summed E-state index contributed by atoms with van der Waals surface area (Å²) < 4.78 is 10.6. The first-order valence-corrected chi connectivity index (χ1v) is 10.2. The standard InChI is InChI=1S/C23H30N2O4/c1-17-9-12-21(29-17)15-24(14-13-19-7-5-4-6-8-19)22(26)16-25(20-10-11-20)18(2)23(27)28-3/h4-9,12,18,20H,10-11,13-16H2,1-3H3/t18-/m1/s1. The molecule has 2 aromatic rings. The number of methoxy groups -OCH3 is 1. The molecule has 1 saturated carbocycles. The Morgan fingerprint density at radius 2 is 1.90 bits per heavy atom. The molecule has 3 rings (SSSR count). The van der Waals surface area contributed by atoms with Gasteiger partial charge in [0, 0.05) is 12.6 Å². The number of hydrogen-bond acceptors (Lipinski definition) is 5. The number of hydrogen-bond donors (Lipinski definition) is 0. The van der Waals surface area contributed by atoms with E-state index < -0.39 is 6.04 Å². The van der Waals surface area contributed by atoms with E-state index in [4.69, 9.17) is 9.15 Å². The van der Waals surface area contributed by atoms with Crippen LogP contribution in [0, 0.1) is 6.92 Å². The first-order valence-electron chi connectivity index (χ1n) is 10.2. The third-order valence-electron chi connectivity index (χ3n) is 5.38. The Kier molecular flexibility index (Phi) is 7.09. The van der Waals surface area contributed by atoms with Crippen LogP contribution in [0.1, 0.15) is 36.8 Å². The van der Waals surface area contributed by atoms with Crippen LogP contribution in [0.2, 0.25) is 0 Å². The molecule has 0 saturated heterocycles. The number of carbonyl (C=O) groups is 2. The fourth-order valence-corrected chi connectivity index (χ4v) is 3.51.